The molecule has 0 radical (unpaired) electrons. The van der Waals surface area contributed by atoms with Crippen molar-refractivity contribution in [2.45, 2.75) is 43.8 Å². The first-order chi connectivity index (χ1) is 11.7. The van der Waals surface area contributed by atoms with Crippen LogP contribution in [0.15, 0.2) is 42.0 Å². The second kappa shape index (κ2) is 6.36. The van der Waals surface area contributed by atoms with Gasteiger partial charge in [0.15, 0.2) is 0 Å². The molecule has 1 N–H and O–H groups in total. The van der Waals surface area contributed by atoms with Crippen LogP contribution in [0.4, 0.5) is 0 Å². The minimum Gasteiger partial charge on any atom is -0.349 e. The number of hydrogen-bond donors (Lipinski definition) is 1. The third-order valence-corrected chi connectivity index (χ3v) is 5.84. The number of thiophene rings is 1. The Balaban J connectivity index is 1.43. The molecule has 0 spiro atoms. The van der Waals surface area contributed by atoms with Crippen molar-refractivity contribution in [3.63, 3.8) is 0 Å². The van der Waals surface area contributed by atoms with Crippen molar-refractivity contribution >= 4 is 23.2 Å². The third kappa shape index (κ3) is 2.82. The maximum absolute atomic E-state index is 12.7. The summed E-state index contributed by atoms with van der Waals surface area (Å²) in [6.07, 6.45) is 6.99. The minimum absolute atomic E-state index is 0.0557. The van der Waals surface area contributed by atoms with Gasteiger partial charge in [-0.1, -0.05) is 6.07 Å². The highest BCUT2D eigenvalue weighted by atomic mass is 32.1. The lowest BCUT2D eigenvalue weighted by atomic mass is 9.96. The number of nitrogens with zero attached hydrogens (tertiary/aromatic N) is 2. The van der Waals surface area contributed by atoms with Crippen molar-refractivity contribution in [1.82, 2.24) is 15.2 Å². The Morgan fingerprint density at radius 1 is 1.12 bits per heavy atom. The number of carbonyl (C=O) groups excluding carboxylic acids is 2. The van der Waals surface area contributed by atoms with E-state index in [1.165, 1.54) is 11.3 Å². The molecule has 4 rings (SSSR count). The zero-order valence-electron chi connectivity index (χ0n) is 13.2. The molecule has 2 aromatic rings. The van der Waals surface area contributed by atoms with E-state index in [4.69, 9.17) is 0 Å². The molecular formula is C18H19N3O2S. The summed E-state index contributed by atoms with van der Waals surface area (Å²) in [6.45, 7) is 0. The molecule has 2 amide bonds. The number of nitrogens with one attached hydrogen (secondary N) is 1. The van der Waals surface area contributed by atoms with E-state index < -0.39 is 0 Å². The van der Waals surface area contributed by atoms with Gasteiger partial charge in [-0.3, -0.25) is 14.6 Å². The summed E-state index contributed by atoms with van der Waals surface area (Å²) in [4.78, 5) is 31.9. The van der Waals surface area contributed by atoms with Gasteiger partial charge in [0, 0.05) is 36.1 Å². The van der Waals surface area contributed by atoms with Crippen LogP contribution in [0.2, 0.25) is 0 Å². The van der Waals surface area contributed by atoms with Crippen LogP contribution >= 0.6 is 11.3 Å². The molecular weight excluding hydrogens is 322 g/mol. The summed E-state index contributed by atoms with van der Waals surface area (Å²) in [7, 11) is 0. The molecule has 2 aromatic heterocycles. The minimum atomic E-state index is -0.0557. The van der Waals surface area contributed by atoms with Crippen LogP contribution in [0.3, 0.4) is 0 Å². The van der Waals surface area contributed by atoms with Crippen LogP contribution in [-0.4, -0.2) is 39.8 Å². The monoisotopic (exact) mass is 341 g/mol. The van der Waals surface area contributed by atoms with Crippen molar-refractivity contribution in [3.05, 3.63) is 52.5 Å². The van der Waals surface area contributed by atoms with Gasteiger partial charge in [-0.25, -0.2) is 0 Å². The molecule has 0 aliphatic carbocycles. The molecule has 6 heteroatoms. The molecule has 4 heterocycles. The fraction of sp³-hybridized carbons (Fsp3) is 0.389. The summed E-state index contributed by atoms with van der Waals surface area (Å²) >= 11 is 1.50. The fourth-order valence-electron chi connectivity index (χ4n) is 3.93. The van der Waals surface area contributed by atoms with Crippen LogP contribution in [0.1, 0.15) is 45.7 Å². The molecule has 2 bridgehead atoms. The summed E-state index contributed by atoms with van der Waals surface area (Å²) in [5, 5.41) is 5.07. The second-order valence-electron chi connectivity index (χ2n) is 6.45. The van der Waals surface area contributed by atoms with Crippen LogP contribution in [-0.2, 0) is 0 Å². The number of rotatable bonds is 3. The lowest BCUT2D eigenvalue weighted by Crippen LogP contribution is -2.52. The van der Waals surface area contributed by atoms with Crippen molar-refractivity contribution in [2.24, 2.45) is 0 Å². The zero-order chi connectivity index (χ0) is 16.5. The Hall–Kier alpha value is -2.21. The van der Waals surface area contributed by atoms with E-state index in [0.717, 1.165) is 30.6 Å². The standard InChI is InChI=1S/C18H19N3O2S/c22-17(12-5-7-19-8-6-12)20-13-10-14-3-4-15(11-13)21(14)18(23)16-2-1-9-24-16/h1-2,5-9,13-15H,3-4,10-11H2,(H,20,22). The highest BCUT2D eigenvalue weighted by Gasteiger charge is 2.43. The average Bonchev–Trinajstić information content (AvgIpc) is 3.22. The van der Waals surface area contributed by atoms with Gasteiger partial charge in [0.05, 0.1) is 4.88 Å². The first-order valence-electron chi connectivity index (χ1n) is 8.29. The van der Waals surface area contributed by atoms with Gasteiger partial charge in [0.25, 0.3) is 11.8 Å². The van der Waals surface area contributed by atoms with Crippen LogP contribution < -0.4 is 5.32 Å². The molecule has 124 valence electrons. The second-order valence-corrected chi connectivity index (χ2v) is 7.40. The first-order valence-corrected chi connectivity index (χ1v) is 9.17. The van der Waals surface area contributed by atoms with E-state index in [2.05, 4.69) is 15.2 Å². The smallest absolute Gasteiger partial charge is 0.264 e. The van der Waals surface area contributed by atoms with Gasteiger partial charge >= 0.3 is 0 Å². The fourth-order valence-corrected chi connectivity index (χ4v) is 4.59. The molecule has 0 saturated carbocycles. The van der Waals surface area contributed by atoms with E-state index in [-0.39, 0.29) is 29.9 Å². The summed E-state index contributed by atoms with van der Waals surface area (Å²) < 4.78 is 0. The Bertz CT molecular complexity index is 718. The normalized spacial score (nSPS) is 25.5. The highest BCUT2D eigenvalue weighted by Crippen LogP contribution is 2.37. The lowest BCUT2D eigenvalue weighted by Gasteiger charge is -2.39. The first kappa shape index (κ1) is 15.3. The maximum Gasteiger partial charge on any atom is 0.264 e. The topological polar surface area (TPSA) is 62.3 Å². The average molecular weight is 341 g/mol. The van der Waals surface area contributed by atoms with Crippen molar-refractivity contribution in [3.8, 4) is 0 Å². The lowest BCUT2D eigenvalue weighted by molar-refractivity contribution is 0.0554. The number of aromatic nitrogens is 1. The van der Waals surface area contributed by atoms with E-state index in [9.17, 15) is 9.59 Å². The van der Waals surface area contributed by atoms with Gasteiger partial charge in [-0.15, -0.1) is 11.3 Å². The summed E-state index contributed by atoms with van der Waals surface area (Å²) in [6, 6.07) is 7.86. The number of hydrogen-bond acceptors (Lipinski definition) is 4. The molecule has 5 nitrogen and oxygen atoms in total. The molecule has 2 unspecified atom stereocenters. The number of carbonyl (C=O) groups is 2. The molecule has 2 aliphatic rings. The molecule has 2 aliphatic heterocycles. The Kier molecular flexibility index (Phi) is 4.06. The van der Waals surface area contributed by atoms with Crippen molar-refractivity contribution in [1.29, 1.82) is 0 Å². The number of piperidine rings is 1. The predicted molar refractivity (Wildman–Crippen MR) is 92.0 cm³/mol. The number of pyridine rings is 1. The zero-order valence-corrected chi connectivity index (χ0v) is 14.0. The summed E-state index contributed by atoms with van der Waals surface area (Å²) in [5.41, 5.74) is 0.634. The Labute approximate surface area is 144 Å². The number of fused-ring (bicyclic) bond motifs is 2. The maximum atomic E-state index is 12.7. The Morgan fingerprint density at radius 2 is 1.83 bits per heavy atom. The highest BCUT2D eigenvalue weighted by molar-refractivity contribution is 7.12. The van der Waals surface area contributed by atoms with Gasteiger partial charge in [0.1, 0.15) is 0 Å². The summed E-state index contributed by atoms with van der Waals surface area (Å²) in [5.74, 6) is 0.0937. The molecule has 2 atom stereocenters. The predicted octanol–water partition coefficient (Wildman–Crippen LogP) is 2.71. The van der Waals surface area contributed by atoms with Gasteiger partial charge < -0.3 is 10.2 Å². The quantitative estimate of drug-likeness (QED) is 0.934. The van der Waals surface area contributed by atoms with Gasteiger partial charge in [0.2, 0.25) is 0 Å². The van der Waals surface area contributed by atoms with Crippen LogP contribution in [0.25, 0.3) is 0 Å². The van der Waals surface area contributed by atoms with E-state index >= 15 is 0 Å². The van der Waals surface area contributed by atoms with Crippen LogP contribution in [0.5, 0.6) is 0 Å². The van der Waals surface area contributed by atoms with E-state index in [1.54, 1.807) is 24.5 Å². The molecule has 24 heavy (non-hydrogen) atoms. The Morgan fingerprint density at radius 3 is 2.46 bits per heavy atom. The third-order valence-electron chi connectivity index (χ3n) is 4.98. The molecule has 2 fully saturated rings. The van der Waals surface area contributed by atoms with E-state index in [0.29, 0.717) is 5.56 Å². The number of amides is 2. The van der Waals surface area contributed by atoms with Gasteiger partial charge in [-0.2, -0.15) is 0 Å². The van der Waals surface area contributed by atoms with Crippen molar-refractivity contribution in [2.75, 3.05) is 0 Å². The van der Waals surface area contributed by atoms with Crippen LogP contribution in [0, 0.1) is 0 Å². The SMILES string of the molecule is O=C(NC1CC2CCC(C1)N2C(=O)c1cccs1)c1ccncc1. The molecule has 2 saturated heterocycles. The molecule has 0 aromatic carbocycles. The van der Waals surface area contributed by atoms with Crippen molar-refractivity contribution < 1.29 is 9.59 Å². The largest absolute Gasteiger partial charge is 0.349 e. The van der Waals surface area contributed by atoms with E-state index in [1.807, 2.05) is 17.5 Å². The van der Waals surface area contributed by atoms with Gasteiger partial charge in [-0.05, 0) is 49.3 Å².